The van der Waals surface area contributed by atoms with Gasteiger partial charge in [-0.25, -0.2) is 8.42 Å². The Morgan fingerprint density at radius 1 is 0.912 bits per heavy atom. The summed E-state index contributed by atoms with van der Waals surface area (Å²) in [7, 11) is -3.50. The zero-order valence-corrected chi connectivity index (χ0v) is 21.5. The molecule has 3 aromatic rings. The van der Waals surface area contributed by atoms with Crippen molar-refractivity contribution in [3.05, 3.63) is 76.3 Å². The predicted octanol–water partition coefficient (Wildman–Crippen LogP) is 4.49. The molecule has 2 N–H and O–H groups in total. The molecule has 1 saturated heterocycles. The molecular formula is C26H31Cl2N3O2S. The zero-order chi connectivity index (χ0) is 23.0. The highest BCUT2D eigenvalue weighted by Gasteiger charge is 2.30. The number of nitrogens with two attached hydrogens (primary N) is 1. The predicted molar refractivity (Wildman–Crippen MR) is 141 cm³/mol. The third-order valence-electron chi connectivity index (χ3n) is 7.10. The summed E-state index contributed by atoms with van der Waals surface area (Å²) >= 11 is 6.06. The minimum atomic E-state index is -3.50. The van der Waals surface area contributed by atoms with E-state index in [0.717, 1.165) is 43.2 Å². The fraction of sp³-hybridized carbons (Fsp3) is 0.385. The summed E-state index contributed by atoms with van der Waals surface area (Å²) < 4.78 is 28.1. The standard InChI is InChI=1S/C26H30ClN3O2S.ClH/c27-25-7-5-24-16-26(8-6-23(24)15-25)33(31,32)30-11-9-29(10-12-30)18-20-2-4-21-13-19(17-28)1-3-22(21)14-20;/h1,3,5-8,13,15-16,20H,2,4,9-12,14,17-18,28H2;1H/t20-;/m0./s1. The van der Waals surface area contributed by atoms with Gasteiger partial charge in [0.25, 0.3) is 0 Å². The molecule has 5 nitrogen and oxygen atoms in total. The molecule has 1 fully saturated rings. The summed E-state index contributed by atoms with van der Waals surface area (Å²) in [6, 6.07) is 17.4. The van der Waals surface area contributed by atoms with E-state index >= 15 is 0 Å². The minimum absolute atomic E-state index is 0. The molecule has 0 aromatic heterocycles. The second-order valence-electron chi connectivity index (χ2n) is 9.27. The molecule has 0 amide bonds. The van der Waals surface area contributed by atoms with Gasteiger partial charge in [-0.05, 0) is 76.9 Å². The lowest BCUT2D eigenvalue weighted by molar-refractivity contribution is 0.159. The molecule has 1 aliphatic carbocycles. The Kier molecular flexibility index (Phi) is 7.87. The lowest BCUT2D eigenvalue weighted by Crippen LogP contribution is -2.50. The molecular weight excluding hydrogens is 489 g/mol. The first-order valence-corrected chi connectivity index (χ1v) is 13.5. The summed E-state index contributed by atoms with van der Waals surface area (Å²) in [6.07, 6.45) is 3.38. The first kappa shape index (κ1) is 25.4. The van der Waals surface area contributed by atoms with Gasteiger partial charge in [-0.3, -0.25) is 0 Å². The Bertz CT molecular complexity index is 1270. The van der Waals surface area contributed by atoms with Crippen LogP contribution in [0.15, 0.2) is 59.5 Å². The van der Waals surface area contributed by atoms with E-state index in [2.05, 4.69) is 23.1 Å². The van der Waals surface area contributed by atoms with Gasteiger partial charge < -0.3 is 10.6 Å². The van der Waals surface area contributed by atoms with Crippen LogP contribution >= 0.6 is 24.0 Å². The smallest absolute Gasteiger partial charge is 0.243 e. The maximum atomic E-state index is 13.3. The monoisotopic (exact) mass is 519 g/mol. The number of piperazine rings is 1. The van der Waals surface area contributed by atoms with Gasteiger partial charge in [0.1, 0.15) is 0 Å². The van der Waals surface area contributed by atoms with Crippen molar-refractivity contribution in [2.24, 2.45) is 11.7 Å². The fourth-order valence-electron chi connectivity index (χ4n) is 5.19. The third-order valence-corrected chi connectivity index (χ3v) is 9.23. The van der Waals surface area contributed by atoms with Crippen LogP contribution in [0.3, 0.4) is 0 Å². The van der Waals surface area contributed by atoms with Gasteiger partial charge in [-0.15, -0.1) is 12.4 Å². The number of nitrogens with zero attached hydrogens (tertiary/aromatic N) is 2. The molecule has 2 aliphatic rings. The van der Waals surface area contributed by atoms with Crippen molar-refractivity contribution in [2.45, 2.75) is 30.7 Å². The van der Waals surface area contributed by atoms with E-state index < -0.39 is 10.0 Å². The second kappa shape index (κ2) is 10.5. The lowest BCUT2D eigenvalue weighted by atomic mass is 9.83. The van der Waals surface area contributed by atoms with Crippen molar-refractivity contribution in [3.8, 4) is 0 Å². The summed E-state index contributed by atoms with van der Waals surface area (Å²) in [5.41, 5.74) is 9.89. The Morgan fingerprint density at radius 2 is 1.65 bits per heavy atom. The van der Waals surface area contributed by atoms with Crippen LogP contribution in [0.2, 0.25) is 5.02 Å². The van der Waals surface area contributed by atoms with Gasteiger partial charge in [0, 0.05) is 44.3 Å². The number of sulfonamides is 1. The van der Waals surface area contributed by atoms with Gasteiger partial charge in [0.2, 0.25) is 10.0 Å². The van der Waals surface area contributed by atoms with E-state index in [1.54, 1.807) is 22.5 Å². The Hall–Kier alpha value is -1.67. The molecule has 1 atom stereocenters. The van der Waals surface area contributed by atoms with Crippen LogP contribution < -0.4 is 5.73 Å². The van der Waals surface area contributed by atoms with Gasteiger partial charge in [0.05, 0.1) is 4.90 Å². The van der Waals surface area contributed by atoms with Crippen LogP contribution in [0.25, 0.3) is 10.8 Å². The Labute approximate surface area is 213 Å². The van der Waals surface area contributed by atoms with Crippen LogP contribution in [0.4, 0.5) is 0 Å². The third kappa shape index (κ3) is 5.27. The van der Waals surface area contributed by atoms with Crippen LogP contribution in [0.5, 0.6) is 0 Å². The largest absolute Gasteiger partial charge is 0.326 e. The van der Waals surface area contributed by atoms with Crippen LogP contribution in [-0.4, -0.2) is 50.3 Å². The molecule has 1 heterocycles. The molecule has 0 saturated carbocycles. The number of aryl methyl sites for hydroxylation is 1. The normalized spacial score (nSPS) is 19.5. The van der Waals surface area contributed by atoms with E-state index in [9.17, 15) is 8.42 Å². The topological polar surface area (TPSA) is 66.6 Å². The molecule has 182 valence electrons. The molecule has 8 heteroatoms. The number of hydrogen-bond acceptors (Lipinski definition) is 4. The zero-order valence-electron chi connectivity index (χ0n) is 19.1. The molecule has 1 aliphatic heterocycles. The average Bonchev–Trinajstić information content (AvgIpc) is 2.83. The molecule has 34 heavy (non-hydrogen) atoms. The summed E-state index contributed by atoms with van der Waals surface area (Å²) in [5.74, 6) is 0.622. The van der Waals surface area contributed by atoms with Crippen molar-refractivity contribution in [3.63, 3.8) is 0 Å². The molecule has 0 bridgehead atoms. The molecule has 0 radical (unpaired) electrons. The van der Waals surface area contributed by atoms with Crippen molar-refractivity contribution < 1.29 is 8.42 Å². The molecule has 0 spiro atoms. The van der Waals surface area contributed by atoms with Crippen molar-refractivity contribution >= 4 is 44.8 Å². The number of benzene rings is 3. The number of hydrogen-bond donors (Lipinski definition) is 1. The quantitative estimate of drug-likeness (QED) is 0.539. The highest BCUT2D eigenvalue weighted by molar-refractivity contribution is 7.89. The Morgan fingerprint density at radius 3 is 2.41 bits per heavy atom. The van der Waals surface area contributed by atoms with Crippen molar-refractivity contribution in [1.29, 1.82) is 0 Å². The van der Waals surface area contributed by atoms with E-state index in [1.807, 2.05) is 18.2 Å². The SMILES string of the molecule is Cl.NCc1ccc2c(c1)CC[C@H](CN1CCN(S(=O)(=O)c3ccc4cc(Cl)ccc4c3)CC1)C2. The highest BCUT2D eigenvalue weighted by atomic mass is 35.5. The van der Waals surface area contributed by atoms with Crippen molar-refractivity contribution in [2.75, 3.05) is 32.7 Å². The maximum absolute atomic E-state index is 13.3. The van der Waals surface area contributed by atoms with E-state index in [1.165, 1.54) is 23.1 Å². The lowest BCUT2D eigenvalue weighted by Gasteiger charge is -2.37. The van der Waals surface area contributed by atoms with Crippen LogP contribution in [0, 0.1) is 5.92 Å². The Balaban J connectivity index is 0.00000274. The first-order chi connectivity index (χ1) is 15.9. The fourth-order valence-corrected chi connectivity index (χ4v) is 6.83. The number of halogens is 2. The van der Waals surface area contributed by atoms with Gasteiger partial charge in [-0.1, -0.05) is 41.9 Å². The van der Waals surface area contributed by atoms with E-state index in [0.29, 0.717) is 35.5 Å². The van der Waals surface area contributed by atoms with E-state index in [-0.39, 0.29) is 12.4 Å². The molecule has 0 unspecified atom stereocenters. The van der Waals surface area contributed by atoms with Crippen molar-refractivity contribution in [1.82, 2.24) is 9.21 Å². The second-order valence-corrected chi connectivity index (χ2v) is 11.6. The first-order valence-electron chi connectivity index (χ1n) is 11.6. The maximum Gasteiger partial charge on any atom is 0.243 e. The van der Waals surface area contributed by atoms with Crippen LogP contribution in [0.1, 0.15) is 23.1 Å². The summed E-state index contributed by atoms with van der Waals surface area (Å²) in [5, 5.41) is 2.48. The van der Waals surface area contributed by atoms with E-state index in [4.69, 9.17) is 17.3 Å². The summed E-state index contributed by atoms with van der Waals surface area (Å²) in [4.78, 5) is 2.78. The van der Waals surface area contributed by atoms with Gasteiger partial charge in [-0.2, -0.15) is 4.31 Å². The number of fused-ring (bicyclic) bond motifs is 2. The minimum Gasteiger partial charge on any atom is -0.326 e. The summed E-state index contributed by atoms with van der Waals surface area (Å²) in [6.45, 7) is 4.24. The van der Waals surface area contributed by atoms with Gasteiger partial charge in [0.15, 0.2) is 0 Å². The average molecular weight is 521 g/mol. The number of rotatable bonds is 5. The molecule has 5 rings (SSSR count). The van der Waals surface area contributed by atoms with Crippen LogP contribution in [-0.2, 0) is 29.4 Å². The molecule has 3 aromatic carbocycles. The highest BCUT2D eigenvalue weighted by Crippen LogP contribution is 2.28. The van der Waals surface area contributed by atoms with Gasteiger partial charge >= 0.3 is 0 Å².